The van der Waals surface area contributed by atoms with E-state index in [0.717, 1.165) is 24.0 Å². The molecule has 0 aliphatic rings. The Kier molecular flexibility index (Phi) is 3.13. The smallest absolute Gasteiger partial charge is 0.201 e. The second-order valence-electron chi connectivity index (χ2n) is 4.49. The second-order valence-corrected chi connectivity index (χ2v) is 4.93. The predicted octanol–water partition coefficient (Wildman–Crippen LogP) is 3.51. The number of anilines is 1. The van der Waals surface area contributed by atoms with Crippen LogP contribution >= 0.6 is 11.6 Å². The third-order valence-corrected chi connectivity index (χ3v) is 3.44. The Bertz CT molecular complexity index is 704. The zero-order chi connectivity index (χ0) is 13.2. The summed E-state index contributed by atoms with van der Waals surface area (Å²) in [6.07, 6.45) is 0.930. The molecule has 3 nitrogen and oxygen atoms in total. The van der Waals surface area contributed by atoms with Crippen molar-refractivity contribution in [2.24, 2.45) is 0 Å². The standard InChI is InChI=1S/C15H14ClN3/c16-12-6-7-14-13(10-12)18-15(17)19(14)9-8-11-4-2-1-3-5-11/h1-7,10H,8-9H2,(H2,17,18). The monoisotopic (exact) mass is 271 g/mol. The van der Waals surface area contributed by atoms with Crippen molar-refractivity contribution in [2.75, 3.05) is 5.73 Å². The van der Waals surface area contributed by atoms with Crippen molar-refractivity contribution < 1.29 is 0 Å². The molecule has 0 aliphatic heterocycles. The number of aromatic nitrogens is 2. The maximum absolute atomic E-state index is 5.98. The van der Waals surface area contributed by atoms with Gasteiger partial charge in [0, 0.05) is 11.6 Å². The molecule has 0 saturated heterocycles. The lowest BCUT2D eigenvalue weighted by Gasteiger charge is -2.06. The average Bonchev–Trinajstić information content (AvgIpc) is 2.72. The highest BCUT2D eigenvalue weighted by Gasteiger charge is 2.08. The Morgan fingerprint density at radius 3 is 2.68 bits per heavy atom. The minimum atomic E-state index is 0.535. The number of rotatable bonds is 3. The Morgan fingerprint density at radius 2 is 1.89 bits per heavy atom. The maximum Gasteiger partial charge on any atom is 0.201 e. The first-order chi connectivity index (χ1) is 9.24. The summed E-state index contributed by atoms with van der Waals surface area (Å²) in [5.41, 5.74) is 9.14. The molecule has 1 heterocycles. The summed E-state index contributed by atoms with van der Waals surface area (Å²) in [6, 6.07) is 16.0. The molecule has 2 N–H and O–H groups in total. The first-order valence-electron chi connectivity index (χ1n) is 6.19. The lowest BCUT2D eigenvalue weighted by Crippen LogP contribution is -2.05. The van der Waals surface area contributed by atoms with E-state index >= 15 is 0 Å². The molecule has 0 fully saturated rings. The molecule has 0 saturated carbocycles. The van der Waals surface area contributed by atoms with Gasteiger partial charge in [0.05, 0.1) is 11.0 Å². The van der Waals surface area contributed by atoms with Crippen molar-refractivity contribution in [3.8, 4) is 0 Å². The highest BCUT2D eigenvalue weighted by Crippen LogP contribution is 2.22. The number of halogens is 1. The number of aryl methyl sites for hydroxylation is 2. The van der Waals surface area contributed by atoms with Crippen LogP contribution in [0.1, 0.15) is 5.56 Å². The molecule has 0 bridgehead atoms. The van der Waals surface area contributed by atoms with Crippen molar-refractivity contribution >= 4 is 28.6 Å². The van der Waals surface area contributed by atoms with Crippen LogP contribution in [-0.2, 0) is 13.0 Å². The second kappa shape index (κ2) is 4.94. The zero-order valence-corrected chi connectivity index (χ0v) is 11.1. The van der Waals surface area contributed by atoms with Gasteiger partial charge in [0.1, 0.15) is 0 Å². The first kappa shape index (κ1) is 12.1. The first-order valence-corrected chi connectivity index (χ1v) is 6.57. The molecule has 0 amide bonds. The van der Waals surface area contributed by atoms with Crippen LogP contribution in [0.4, 0.5) is 5.95 Å². The van der Waals surface area contributed by atoms with E-state index in [9.17, 15) is 0 Å². The highest BCUT2D eigenvalue weighted by atomic mass is 35.5. The summed E-state index contributed by atoms with van der Waals surface area (Å²) >= 11 is 5.96. The summed E-state index contributed by atoms with van der Waals surface area (Å²) in [7, 11) is 0. The number of imidazole rings is 1. The van der Waals surface area contributed by atoms with Crippen LogP contribution in [0.15, 0.2) is 48.5 Å². The quantitative estimate of drug-likeness (QED) is 0.792. The van der Waals surface area contributed by atoms with Crippen LogP contribution in [0.3, 0.4) is 0 Å². The van der Waals surface area contributed by atoms with Gasteiger partial charge in [0.2, 0.25) is 5.95 Å². The van der Waals surface area contributed by atoms with Gasteiger partial charge in [0.25, 0.3) is 0 Å². The fraction of sp³-hybridized carbons (Fsp3) is 0.133. The largest absolute Gasteiger partial charge is 0.369 e. The van der Waals surface area contributed by atoms with Crippen LogP contribution in [0.25, 0.3) is 11.0 Å². The molecule has 0 spiro atoms. The molecule has 96 valence electrons. The summed E-state index contributed by atoms with van der Waals surface area (Å²) in [5, 5.41) is 0.681. The molecule has 2 aromatic carbocycles. The maximum atomic E-state index is 5.98. The molecule has 1 aromatic heterocycles. The van der Waals surface area contributed by atoms with E-state index in [-0.39, 0.29) is 0 Å². The Morgan fingerprint density at radius 1 is 1.11 bits per heavy atom. The number of nitrogens with two attached hydrogens (primary N) is 1. The summed E-state index contributed by atoms with van der Waals surface area (Å²) in [5.74, 6) is 0.535. The van der Waals surface area contributed by atoms with E-state index in [0.29, 0.717) is 11.0 Å². The SMILES string of the molecule is Nc1nc2cc(Cl)ccc2n1CCc1ccccc1. The van der Waals surface area contributed by atoms with Gasteiger partial charge >= 0.3 is 0 Å². The number of nitrogen functional groups attached to an aromatic ring is 1. The lowest BCUT2D eigenvalue weighted by atomic mass is 10.1. The van der Waals surface area contributed by atoms with E-state index in [1.54, 1.807) is 0 Å². The molecule has 0 radical (unpaired) electrons. The molecular formula is C15H14ClN3. The van der Waals surface area contributed by atoms with Gasteiger partial charge in [0.15, 0.2) is 0 Å². The molecule has 3 rings (SSSR count). The number of nitrogens with zero attached hydrogens (tertiary/aromatic N) is 2. The molecule has 0 atom stereocenters. The minimum Gasteiger partial charge on any atom is -0.369 e. The van der Waals surface area contributed by atoms with Crippen LogP contribution in [0.2, 0.25) is 5.02 Å². The van der Waals surface area contributed by atoms with Crippen LogP contribution < -0.4 is 5.73 Å². The zero-order valence-electron chi connectivity index (χ0n) is 10.4. The van der Waals surface area contributed by atoms with Crippen molar-refractivity contribution in [1.82, 2.24) is 9.55 Å². The molecule has 0 aliphatic carbocycles. The third kappa shape index (κ3) is 2.42. The van der Waals surface area contributed by atoms with Crippen LogP contribution in [-0.4, -0.2) is 9.55 Å². The normalized spacial score (nSPS) is 11.0. The summed E-state index contributed by atoms with van der Waals surface area (Å²) < 4.78 is 2.03. The third-order valence-electron chi connectivity index (χ3n) is 3.21. The van der Waals surface area contributed by atoms with E-state index < -0.39 is 0 Å². The van der Waals surface area contributed by atoms with E-state index in [2.05, 4.69) is 17.1 Å². The van der Waals surface area contributed by atoms with Gasteiger partial charge < -0.3 is 10.3 Å². The number of fused-ring (bicyclic) bond motifs is 1. The topological polar surface area (TPSA) is 43.8 Å². The highest BCUT2D eigenvalue weighted by molar-refractivity contribution is 6.31. The van der Waals surface area contributed by atoms with E-state index in [1.807, 2.05) is 41.0 Å². The van der Waals surface area contributed by atoms with Gasteiger partial charge in [-0.3, -0.25) is 0 Å². The molecule has 4 heteroatoms. The Balaban J connectivity index is 1.90. The Hall–Kier alpha value is -2.00. The van der Waals surface area contributed by atoms with Crippen molar-refractivity contribution in [1.29, 1.82) is 0 Å². The minimum absolute atomic E-state index is 0.535. The van der Waals surface area contributed by atoms with Crippen molar-refractivity contribution in [3.05, 3.63) is 59.1 Å². The Labute approximate surface area is 116 Å². The van der Waals surface area contributed by atoms with Gasteiger partial charge in [-0.25, -0.2) is 4.98 Å². The van der Waals surface area contributed by atoms with E-state index in [4.69, 9.17) is 17.3 Å². The lowest BCUT2D eigenvalue weighted by molar-refractivity contribution is 0.726. The number of benzene rings is 2. The van der Waals surface area contributed by atoms with Gasteiger partial charge in [-0.2, -0.15) is 0 Å². The van der Waals surface area contributed by atoms with Crippen LogP contribution in [0.5, 0.6) is 0 Å². The van der Waals surface area contributed by atoms with Crippen molar-refractivity contribution in [3.63, 3.8) is 0 Å². The van der Waals surface area contributed by atoms with Gasteiger partial charge in [-0.1, -0.05) is 41.9 Å². The molecule has 3 aromatic rings. The summed E-state index contributed by atoms with van der Waals surface area (Å²) in [6.45, 7) is 0.813. The predicted molar refractivity (Wildman–Crippen MR) is 79.3 cm³/mol. The van der Waals surface area contributed by atoms with Crippen molar-refractivity contribution in [2.45, 2.75) is 13.0 Å². The van der Waals surface area contributed by atoms with Gasteiger partial charge in [-0.15, -0.1) is 0 Å². The van der Waals surface area contributed by atoms with E-state index in [1.165, 1.54) is 5.56 Å². The fourth-order valence-corrected chi connectivity index (χ4v) is 2.41. The number of hydrogen-bond acceptors (Lipinski definition) is 2. The molecule has 19 heavy (non-hydrogen) atoms. The fourth-order valence-electron chi connectivity index (χ4n) is 2.24. The molecule has 0 unspecified atom stereocenters. The average molecular weight is 272 g/mol. The summed E-state index contributed by atoms with van der Waals surface area (Å²) in [4.78, 5) is 4.34. The van der Waals surface area contributed by atoms with Gasteiger partial charge in [-0.05, 0) is 30.2 Å². The molecular weight excluding hydrogens is 258 g/mol. The number of hydrogen-bond donors (Lipinski definition) is 1. The van der Waals surface area contributed by atoms with Crippen LogP contribution in [0, 0.1) is 0 Å².